The Morgan fingerprint density at radius 2 is 1.93 bits per heavy atom. The molecule has 2 aliphatic rings. The van der Waals surface area contributed by atoms with Gasteiger partial charge in [0, 0.05) is 38.8 Å². The fraction of sp³-hybridized carbons (Fsp3) is 0.609. The van der Waals surface area contributed by atoms with Crippen LogP contribution in [0.15, 0.2) is 29.3 Å². The van der Waals surface area contributed by atoms with Gasteiger partial charge in [-0.1, -0.05) is 50.7 Å². The van der Waals surface area contributed by atoms with Gasteiger partial charge in [0.25, 0.3) is 5.91 Å². The van der Waals surface area contributed by atoms with Crippen molar-refractivity contribution in [3.63, 3.8) is 0 Å². The van der Waals surface area contributed by atoms with Gasteiger partial charge in [-0.15, -0.1) is 0 Å². The SMILES string of the molecule is CN=C(NCCCCC1CCCC1)NCc1ccc(C(=O)N2CCNC(=O)C2)cc1. The molecule has 7 heteroatoms. The molecule has 30 heavy (non-hydrogen) atoms. The summed E-state index contributed by atoms with van der Waals surface area (Å²) in [5.41, 5.74) is 1.69. The Hall–Kier alpha value is -2.57. The van der Waals surface area contributed by atoms with E-state index in [4.69, 9.17) is 0 Å². The fourth-order valence-electron chi connectivity index (χ4n) is 4.23. The molecule has 1 aromatic rings. The minimum Gasteiger partial charge on any atom is -0.356 e. The van der Waals surface area contributed by atoms with E-state index in [1.807, 2.05) is 24.3 Å². The van der Waals surface area contributed by atoms with E-state index < -0.39 is 0 Å². The molecule has 0 atom stereocenters. The van der Waals surface area contributed by atoms with E-state index >= 15 is 0 Å². The first-order valence-corrected chi connectivity index (χ1v) is 11.2. The number of hydrogen-bond donors (Lipinski definition) is 3. The molecule has 1 heterocycles. The summed E-state index contributed by atoms with van der Waals surface area (Å²) >= 11 is 0. The van der Waals surface area contributed by atoms with Crippen LogP contribution >= 0.6 is 0 Å². The number of aliphatic imine (C=N–C) groups is 1. The number of amides is 2. The standard InChI is InChI=1S/C23H35N5O2/c1-24-23(26-13-5-4-8-18-6-2-3-7-18)27-16-19-9-11-20(12-10-19)22(30)28-15-14-25-21(29)17-28/h9-12,18H,2-8,13-17H2,1H3,(H,25,29)(H2,24,26,27). The smallest absolute Gasteiger partial charge is 0.254 e. The van der Waals surface area contributed by atoms with Gasteiger partial charge in [-0.3, -0.25) is 14.6 Å². The Balaban J connectivity index is 1.36. The zero-order valence-corrected chi connectivity index (χ0v) is 18.1. The molecule has 2 fully saturated rings. The lowest BCUT2D eigenvalue weighted by molar-refractivity contribution is -0.123. The second kappa shape index (κ2) is 11.6. The normalized spacial score (nSPS) is 17.7. The summed E-state index contributed by atoms with van der Waals surface area (Å²) in [4.78, 5) is 29.9. The van der Waals surface area contributed by atoms with E-state index in [2.05, 4.69) is 20.9 Å². The summed E-state index contributed by atoms with van der Waals surface area (Å²) in [6.07, 6.45) is 9.50. The molecule has 1 aromatic carbocycles. The number of nitrogens with one attached hydrogen (secondary N) is 3. The van der Waals surface area contributed by atoms with E-state index in [0.29, 0.717) is 25.2 Å². The number of carbonyl (C=O) groups excluding carboxylic acids is 2. The summed E-state index contributed by atoms with van der Waals surface area (Å²) in [6.45, 7) is 2.77. The predicted molar refractivity (Wildman–Crippen MR) is 119 cm³/mol. The Labute approximate surface area is 179 Å². The number of unbranched alkanes of at least 4 members (excludes halogenated alkanes) is 1. The highest BCUT2D eigenvalue weighted by atomic mass is 16.2. The van der Waals surface area contributed by atoms with E-state index in [1.165, 1.54) is 44.9 Å². The summed E-state index contributed by atoms with van der Waals surface area (Å²) in [5.74, 6) is 1.56. The summed E-state index contributed by atoms with van der Waals surface area (Å²) in [7, 11) is 1.78. The molecule has 1 saturated carbocycles. The van der Waals surface area contributed by atoms with Crippen molar-refractivity contribution < 1.29 is 9.59 Å². The maximum absolute atomic E-state index is 12.5. The van der Waals surface area contributed by atoms with Crippen molar-refractivity contribution in [2.45, 2.75) is 51.5 Å². The van der Waals surface area contributed by atoms with Crippen LogP contribution in [0, 0.1) is 5.92 Å². The van der Waals surface area contributed by atoms with Crippen LogP contribution in [-0.2, 0) is 11.3 Å². The summed E-state index contributed by atoms with van der Waals surface area (Å²) < 4.78 is 0. The van der Waals surface area contributed by atoms with E-state index in [-0.39, 0.29) is 18.4 Å². The molecular formula is C23H35N5O2. The lowest BCUT2D eigenvalue weighted by atomic mass is 10.0. The molecule has 0 spiro atoms. The number of benzene rings is 1. The third-order valence-electron chi connectivity index (χ3n) is 6.02. The van der Waals surface area contributed by atoms with Crippen LogP contribution in [0.2, 0.25) is 0 Å². The molecule has 164 valence electrons. The molecule has 7 nitrogen and oxygen atoms in total. The van der Waals surface area contributed by atoms with Gasteiger partial charge in [0.1, 0.15) is 0 Å². The van der Waals surface area contributed by atoms with Crippen LogP contribution in [0.5, 0.6) is 0 Å². The minimum absolute atomic E-state index is 0.0977. The fourth-order valence-corrected chi connectivity index (χ4v) is 4.23. The Bertz CT molecular complexity index is 726. The minimum atomic E-state index is -0.104. The molecule has 1 saturated heterocycles. The monoisotopic (exact) mass is 413 g/mol. The third kappa shape index (κ3) is 6.75. The van der Waals surface area contributed by atoms with Gasteiger partial charge >= 0.3 is 0 Å². The number of rotatable bonds is 8. The van der Waals surface area contributed by atoms with Gasteiger partial charge in [-0.25, -0.2) is 0 Å². The van der Waals surface area contributed by atoms with Crippen LogP contribution in [0.1, 0.15) is 60.9 Å². The van der Waals surface area contributed by atoms with Crippen LogP contribution in [0.25, 0.3) is 0 Å². The van der Waals surface area contributed by atoms with Crippen molar-refractivity contribution >= 4 is 17.8 Å². The molecule has 3 rings (SSSR count). The zero-order valence-electron chi connectivity index (χ0n) is 18.1. The van der Waals surface area contributed by atoms with Crippen molar-refractivity contribution in [3.05, 3.63) is 35.4 Å². The van der Waals surface area contributed by atoms with Crippen molar-refractivity contribution in [1.29, 1.82) is 0 Å². The van der Waals surface area contributed by atoms with Crippen LogP contribution < -0.4 is 16.0 Å². The van der Waals surface area contributed by atoms with Gasteiger partial charge in [-0.2, -0.15) is 0 Å². The van der Waals surface area contributed by atoms with Crippen molar-refractivity contribution in [2.24, 2.45) is 10.9 Å². The van der Waals surface area contributed by atoms with Crippen molar-refractivity contribution in [3.8, 4) is 0 Å². The molecule has 0 unspecified atom stereocenters. The predicted octanol–water partition coefficient (Wildman–Crippen LogP) is 2.28. The molecule has 1 aliphatic heterocycles. The average molecular weight is 414 g/mol. The molecule has 3 N–H and O–H groups in total. The second-order valence-electron chi connectivity index (χ2n) is 8.27. The highest BCUT2D eigenvalue weighted by Gasteiger charge is 2.22. The first kappa shape index (κ1) is 22.1. The van der Waals surface area contributed by atoms with Gasteiger partial charge < -0.3 is 20.9 Å². The third-order valence-corrected chi connectivity index (χ3v) is 6.02. The number of hydrogen-bond acceptors (Lipinski definition) is 3. The first-order valence-electron chi connectivity index (χ1n) is 11.2. The molecule has 0 aromatic heterocycles. The van der Waals surface area contributed by atoms with Crippen LogP contribution in [0.4, 0.5) is 0 Å². The Morgan fingerprint density at radius 1 is 1.17 bits per heavy atom. The summed E-state index contributed by atoms with van der Waals surface area (Å²) in [6, 6.07) is 7.54. The number of nitrogens with zero attached hydrogens (tertiary/aromatic N) is 2. The zero-order chi connectivity index (χ0) is 21.2. The van der Waals surface area contributed by atoms with Crippen LogP contribution in [0.3, 0.4) is 0 Å². The second-order valence-corrected chi connectivity index (χ2v) is 8.27. The van der Waals surface area contributed by atoms with Gasteiger partial charge in [0.15, 0.2) is 5.96 Å². The first-order chi connectivity index (χ1) is 14.7. The number of carbonyl (C=O) groups is 2. The maximum atomic E-state index is 12.5. The molecular weight excluding hydrogens is 378 g/mol. The molecule has 0 bridgehead atoms. The largest absolute Gasteiger partial charge is 0.356 e. The lowest BCUT2D eigenvalue weighted by Crippen LogP contribution is -2.49. The van der Waals surface area contributed by atoms with Crippen LogP contribution in [-0.4, -0.2) is 55.9 Å². The van der Waals surface area contributed by atoms with Crippen molar-refractivity contribution in [2.75, 3.05) is 33.2 Å². The van der Waals surface area contributed by atoms with Gasteiger partial charge in [0.05, 0.1) is 6.54 Å². The van der Waals surface area contributed by atoms with E-state index in [0.717, 1.165) is 24.0 Å². The highest BCUT2D eigenvalue weighted by Crippen LogP contribution is 2.28. The maximum Gasteiger partial charge on any atom is 0.254 e. The van der Waals surface area contributed by atoms with E-state index in [9.17, 15) is 9.59 Å². The molecule has 1 aliphatic carbocycles. The molecule has 0 radical (unpaired) electrons. The highest BCUT2D eigenvalue weighted by molar-refractivity contribution is 5.97. The molecule has 2 amide bonds. The van der Waals surface area contributed by atoms with Gasteiger partial charge in [0.2, 0.25) is 5.91 Å². The number of guanidine groups is 1. The topological polar surface area (TPSA) is 85.8 Å². The summed E-state index contributed by atoms with van der Waals surface area (Å²) in [5, 5.41) is 9.44. The quantitative estimate of drug-likeness (QED) is 0.347. The van der Waals surface area contributed by atoms with Gasteiger partial charge in [-0.05, 0) is 30.0 Å². The van der Waals surface area contributed by atoms with Crippen molar-refractivity contribution in [1.82, 2.24) is 20.9 Å². The lowest BCUT2D eigenvalue weighted by Gasteiger charge is -2.26. The Morgan fingerprint density at radius 3 is 2.63 bits per heavy atom. The number of piperazine rings is 1. The Kier molecular flexibility index (Phi) is 8.53. The van der Waals surface area contributed by atoms with E-state index in [1.54, 1.807) is 11.9 Å². The average Bonchev–Trinajstić information content (AvgIpc) is 3.29.